The van der Waals surface area contributed by atoms with Gasteiger partial charge in [0.1, 0.15) is 5.82 Å². The quantitative estimate of drug-likeness (QED) is 0.829. The Morgan fingerprint density at radius 2 is 2.18 bits per heavy atom. The Hall–Kier alpha value is -0.580. The molecule has 1 aromatic carbocycles. The standard InChI is InChI=1S/C13H19FN2S/c1-11-10-16(7-6-15-11)8-9-17-13-4-2-12(14)3-5-13/h2-5,11,15H,6-10H2,1H3/t11-/m0/s1. The monoisotopic (exact) mass is 254 g/mol. The smallest absolute Gasteiger partial charge is 0.123 e. The highest BCUT2D eigenvalue weighted by molar-refractivity contribution is 7.99. The van der Waals surface area contributed by atoms with Crippen LogP contribution < -0.4 is 5.32 Å². The molecule has 0 saturated carbocycles. The largest absolute Gasteiger partial charge is 0.312 e. The molecule has 0 unspecified atom stereocenters. The molecule has 0 bridgehead atoms. The number of rotatable bonds is 4. The number of piperazine rings is 1. The van der Waals surface area contributed by atoms with Crippen molar-refractivity contribution in [1.82, 2.24) is 10.2 Å². The average Bonchev–Trinajstić information content (AvgIpc) is 2.32. The molecule has 1 aliphatic rings. The van der Waals surface area contributed by atoms with Gasteiger partial charge in [-0.25, -0.2) is 4.39 Å². The molecule has 17 heavy (non-hydrogen) atoms. The number of hydrogen-bond acceptors (Lipinski definition) is 3. The molecule has 2 rings (SSSR count). The van der Waals surface area contributed by atoms with Gasteiger partial charge in [-0.2, -0.15) is 0 Å². The van der Waals surface area contributed by atoms with E-state index in [2.05, 4.69) is 17.1 Å². The molecule has 1 N–H and O–H groups in total. The maximum Gasteiger partial charge on any atom is 0.123 e. The van der Waals surface area contributed by atoms with E-state index >= 15 is 0 Å². The third kappa shape index (κ3) is 4.30. The number of nitrogens with zero attached hydrogens (tertiary/aromatic N) is 1. The molecule has 1 atom stereocenters. The third-order valence-electron chi connectivity index (χ3n) is 2.94. The fourth-order valence-electron chi connectivity index (χ4n) is 2.04. The molecule has 1 aromatic rings. The normalized spacial score (nSPS) is 21.6. The summed E-state index contributed by atoms with van der Waals surface area (Å²) in [5.41, 5.74) is 0. The van der Waals surface area contributed by atoms with Crippen LogP contribution in [0.3, 0.4) is 0 Å². The van der Waals surface area contributed by atoms with Gasteiger partial charge in [0.15, 0.2) is 0 Å². The van der Waals surface area contributed by atoms with Gasteiger partial charge >= 0.3 is 0 Å². The van der Waals surface area contributed by atoms with Crippen LogP contribution in [0.15, 0.2) is 29.2 Å². The topological polar surface area (TPSA) is 15.3 Å². The zero-order valence-corrected chi connectivity index (χ0v) is 11.0. The Balaban J connectivity index is 1.70. The van der Waals surface area contributed by atoms with Gasteiger partial charge in [-0.05, 0) is 31.2 Å². The lowest BCUT2D eigenvalue weighted by atomic mass is 10.2. The predicted octanol–water partition coefficient (Wildman–Crippen LogP) is 2.21. The van der Waals surface area contributed by atoms with Crippen molar-refractivity contribution in [1.29, 1.82) is 0 Å². The van der Waals surface area contributed by atoms with Crippen molar-refractivity contribution in [2.24, 2.45) is 0 Å². The summed E-state index contributed by atoms with van der Waals surface area (Å²) in [6.07, 6.45) is 0. The van der Waals surface area contributed by atoms with Crippen LogP contribution in [0.4, 0.5) is 4.39 Å². The van der Waals surface area contributed by atoms with E-state index in [-0.39, 0.29) is 5.82 Å². The van der Waals surface area contributed by atoms with Gasteiger partial charge in [-0.3, -0.25) is 4.90 Å². The van der Waals surface area contributed by atoms with E-state index in [0.29, 0.717) is 6.04 Å². The molecule has 1 saturated heterocycles. The Labute approximate surface area is 107 Å². The molecule has 1 heterocycles. The van der Waals surface area contributed by atoms with Crippen molar-refractivity contribution in [2.75, 3.05) is 31.9 Å². The van der Waals surface area contributed by atoms with Gasteiger partial charge in [0, 0.05) is 42.9 Å². The molecule has 1 aliphatic heterocycles. The van der Waals surface area contributed by atoms with E-state index in [9.17, 15) is 4.39 Å². The van der Waals surface area contributed by atoms with Crippen molar-refractivity contribution in [3.8, 4) is 0 Å². The van der Waals surface area contributed by atoms with Crippen LogP contribution in [-0.4, -0.2) is 42.9 Å². The Morgan fingerprint density at radius 1 is 1.41 bits per heavy atom. The van der Waals surface area contributed by atoms with E-state index in [1.54, 1.807) is 11.8 Å². The summed E-state index contributed by atoms with van der Waals surface area (Å²) in [4.78, 5) is 3.63. The molecule has 1 fully saturated rings. The van der Waals surface area contributed by atoms with Gasteiger partial charge in [0.25, 0.3) is 0 Å². The lowest BCUT2D eigenvalue weighted by molar-refractivity contribution is 0.218. The molecule has 2 nitrogen and oxygen atoms in total. The van der Waals surface area contributed by atoms with Gasteiger partial charge in [-0.15, -0.1) is 11.8 Å². The first-order chi connectivity index (χ1) is 8.24. The highest BCUT2D eigenvalue weighted by Gasteiger charge is 2.14. The Bertz CT molecular complexity index is 342. The molecule has 4 heteroatoms. The maximum absolute atomic E-state index is 12.7. The number of halogens is 1. The lowest BCUT2D eigenvalue weighted by Crippen LogP contribution is -2.49. The second-order valence-corrected chi connectivity index (χ2v) is 5.63. The summed E-state index contributed by atoms with van der Waals surface area (Å²) in [6, 6.07) is 7.34. The summed E-state index contributed by atoms with van der Waals surface area (Å²) in [5.74, 6) is 0.906. The van der Waals surface area contributed by atoms with Gasteiger partial charge in [0.2, 0.25) is 0 Å². The van der Waals surface area contributed by atoms with Crippen LogP contribution in [0.2, 0.25) is 0 Å². The van der Waals surface area contributed by atoms with Crippen LogP contribution in [0.25, 0.3) is 0 Å². The fourth-order valence-corrected chi connectivity index (χ4v) is 2.95. The predicted molar refractivity (Wildman–Crippen MR) is 71.0 cm³/mol. The second kappa shape index (κ2) is 6.38. The number of hydrogen-bond donors (Lipinski definition) is 1. The van der Waals surface area contributed by atoms with Crippen LogP contribution in [0.1, 0.15) is 6.92 Å². The third-order valence-corrected chi connectivity index (χ3v) is 3.93. The molecule has 0 spiro atoms. The van der Waals surface area contributed by atoms with Crippen molar-refractivity contribution >= 4 is 11.8 Å². The summed E-state index contributed by atoms with van der Waals surface area (Å²) >= 11 is 1.80. The number of benzene rings is 1. The molecular formula is C13H19FN2S. The van der Waals surface area contributed by atoms with Gasteiger partial charge in [0.05, 0.1) is 0 Å². The van der Waals surface area contributed by atoms with E-state index in [1.165, 1.54) is 12.1 Å². The van der Waals surface area contributed by atoms with E-state index in [1.807, 2.05) is 12.1 Å². The number of nitrogens with one attached hydrogen (secondary N) is 1. The van der Waals surface area contributed by atoms with Crippen LogP contribution in [0.5, 0.6) is 0 Å². The van der Waals surface area contributed by atoms with E-state index in [4.69, 9.17) is 0 Å². The summed E-state index contributed by atoms with van der Waals surface area (Å²) in [5, 5.41) is 3.44. The van der Waals surface area contributed by atoms with Crippen molar-refractivity contribution < 1.29 is 4.39 Å². The van der Waals surface area contributed by atoms with Crippen molar-refractivity contribution in [3.63, 3.8) is 0 Å². The first-order valence-electron chi connectivity index (χ1n) is 6.08. The molecule has 0 aromatic heterocycles. The van der Waals surface area contributed by atoms with E-state index in [0.717, 1.165) is 36.8 Å². The molecular weight excluding hydrogens is 235 g/mol. The van der Waals surface area contributed by atoms with Crippen LogP contribution >= 0.6 is 11.8 Å². The van der Waals surface area contributed by atoms with Crippen LogP contribution in [0, 0.1) is 5.82 Å². The Kier molecular flexibility index (Phi) is 4.83. The molecule has 0 amide bonds. The molecule has 0 radical (unpaired) electrons. The van der Waals surface area contributed by atoms with E-state index < -0.39 is 0 Å². The van der Waals surface area contributed by atoms with Gasteiger partial charge < -0.3 is 5.32 Å². The highest BCUT2D eigenvalue weighted by Crippen LogP contribution is 2.18. The molecule has 0 aliphatic carbocycles. The second-order valence-electron chi connectivity index (χ2n) is 4.46. The zero-order chi connectivity index (χ0) is 12.1. The minimum absolute atomic E-state index is 0.162. The summed E-state index contributed by atoms with van der Waals surface area (Å²) in [7, 11) is 0. The summed E-state index contributed by atoms with van der Waals surface area (Å²) < 4.78 is 12.7. The Morgan fingerprint density at radius 3 is 2.88 bits per heavy atom. The SMILES string of the molecule is C[C@H]1CN(CCSc2ccc(F)cc2)CCN1. The maximum atomic E-state index is 12.7. The molecule has 94 valence electrons. The first-order valence-corrected chi connectivity index (χ1v) is 7.07. The minimum atomic E-state index is -0.162. The average molecular weight is 254 g/mol. The minimum Gasteiger partial charge on any atom is -0.312 e. The highest BCUT2D eigenvalue weighted by atomic mass is 32.2. The van der Waals surface area contributed by atoms with Crippen molar-refractivity contribution in [3.05, 3.63) is 30.1 Å². The lowest BCUT2D eigenvalue weighted by Gasteiger charge is -2.31. The first kappa shape index (κ1) is 12.9. The van der Waals surface area contributed by atoms with Crippen LogP contribution in [-0.2, 0) is 0 Å². The zero-order valence-electron chi connectivity index (χ0n) is 10.2. The summed E-state index contributed by atoms with van der Waals surface area (Å²) in [6.45, 7) is 6.67. The fraction of sp³-hybridized carbons (Fsp3) is 0.538. The van der Waals surface area contributed by atoms with Gasteiger partial charge in [-0.1, -0.05) is 0 Å². The van der Waals surface area contributed by atoms with Crippen molar-refractivity contribution in [2.45, 2.75) is 17.9 Å². The number of thioether (sulfide) groups is 1.